The van der Waals surface area contributed by atoms with Gasteiger partial charge in [0.05, 0.1) is 13.5 Å². The molecule has 0 spiro atoms. The first kappa shape index (κ1) is 16.6. The lowest BCUT2D eigenvalue weighted by atomic mass is 10.1. The van der Waals surface area contributed by atoms with Crippen LogP contribution in [-0.2, 0) is 22.6 Å². The van der Waals surface area contributed by atoms with E-state index in [1.54, 1.807) is 19.2 Å². The minimum atomic E-state index is -0.288. The average molecular weight is 337 g/mol. The van der Waals surface area contributed by atoms with Crippen molar-refractivity contribution in [3.63, 3.8) is 0 Å². The highest BCUT2D eigenvalue weighted by Gasteiger charge is 2.08. The van der Waals surface area contributed by atoms with Crippen LogP contribution in [0.1, 0.15) is 5.56 Å². The Morgan fingerprint density at radius 2 is 1.68 bits per heavy atom. The summed E-state index contributed by atoms with van der Waals surface area (Å²) < 4.78 is 6.91. The Balaban J connectivity index is 1.50. The normalized spacial score (nSPS) is 10.4. The molecular weight excluding hydrogens is 318 g/mol. The van der Waals surface area contributed by atoms with Crippen molar-refractivity contribution in [2.24, 2.45) is 0 Å². The Kier molecular flexibility index (Phi) is 4.99. The van der Waals surface area contributed by atoms with Crippen LogP contribution in [0.3, 0.4) is 0 Å². The lowest BCUT2D eigenvalue weighted by Crippen LogP contribution is -2.43. The van der Waals surface area contributed by atoms with Crippen molar-refractivity contribution in [1.82, 2.24) is 15.4 Å². The molecule has 0 saturated carbocycles. The fraction of sp³-hybridized carbons (Fsp3) is 0.158. The van der Waals surface area contributed by atoms with Gasteiger partial charge in [-0.2, -0.15) is 0 Å². The average Bonchev–Trinajstić information content (AvgIpc) is 3.04. The van der Waals surface area contributed by atoms with Crippen LogP contribution in [0.4, 0.5) is 0 Å². The van der Waals surface area contributed by atoms with E-state index < -0.39 is 0 Å². The monoisotopic (exact) mass is 337 g/mol. The van der Waals surface area contributed by atoms with Gasteiger partial charge in [-0.1, -0.05) is 30.3 Å². The van der Waals surface area contributed by atoms with Crippen molar-refractivity contribution in [2.45, 2.75) is 13.0 Å². The van der Waals surface area contributed by atoms with Crippen LogP contribution in [0, 0.1) is 0 Å². The van der Waals surface area contributed by atoms with Crippen LogP contribution in [0.25, 0.3) is 10.9 Å². The molecule has 0 bridgehead atoms. The maximum Gasteiger partial charge on any atom is 0.258 e. The van der Waals surface area contributed by atoms with Crippen LogP contribution < -0.4 is 15.6 Å². The van der Waals surface area contributed by atoms with Gasteiger partial charge < -0.3 is 9.30 Å². The molecule has 2 amide bonds. The molecule has 1 aromatic heterocycles. The molecule has 2 N–H and O–H groups in total. The van der Waals surface area contributed by atoms with Crippen molar-refractivity contribution in [1.29, 1.82) is 0 Å². The number of ether oxygens (including phenoxy) is 1. The molecule has 2 aromatic carbocycles. The van der Waals surface area contributed by atoms with Gasteiger partial charge in [0.25, 0.3) is 5.91 Å². The summed E-state index contributed by atoms with van der Waals surface area (Å²) in [7, 11) is 1.59. The number of rotatable bonds is 5. The summed E-state index contributed by atoms with van der Waals surface area (Å²) in [6, 6.07) is 17.0. The lowest BCUT2D eigenvalue weighted by Gasteiger charge is -2.09. The molecule has 3 rings (SSSR count). The highest BCUT2D eigenvalue weighted by atomic mass is 16.5. The van der Waals surface area contributed by atoms with Gasteiger partial charge in [-0.15, -0.1) is 0 Å². The lowest BCUT2D eigenvalue weighted by molar-refractivity contribution is -0.128. The summed E-state index contributed by atoms with van der Waals surface area (Å²) >= 11 is 0. The first-order valence-electron chi connectivity index (χ1n) is 7.90. The SMILES string of the molecule is COc1ccc(CC(=O)NNC(=O)Cn2ccc3ccccc32)cc1. The number of carbonyl (C=O) groups excluding carboxylic acids is 2. The highest BCUT2D eigenvalue weighted by molar-refractivity contribution is 5.85. The van der Waals surface area contributed by atoms with Crippen LogP contribution in [0.15, 0.2) is 60.8 Å². The molecule has 0 saturated heterocycles. The Morgan fingerprint density at radius 3 is 2.44 bits per heavy atom. The van der Waals surface area contributed by atoms with E-state index in [0.717, 1.165) is 22.2 Å². The van der Waals surface area contributed by atoms with Crippen molar-refractivity contribution < 1.29 is 14.3 Å². The van der Waals surface area contributed by atoms with Crippen LogP contribution in [0.2, 0.25) is 0 Å². The molecular formula is C19H19N3O3. The maximum absolute atomic E-state index is 12.0. The first-order valence-corrected chi connectivity index (χ1v) is 7.90. The second-order valence-corrected chi connectivity index (χ2v) is 5.62. The molecule has 6 heteroatoms. The summed E-state index contributed by atoms with van der Waals surface area (Å²) in [5.74, 6) is 0.164. The van der Waals surface area contributed by atoms with Gasteiger partial charge in [0.2, 0.25) is 5.91 Å². The summed E-state index contributed by atoms with van der Waals surface area (Å²) in [5.41, 5.74) is 6.69. The predicted octanol–water partition coefficient (Wildman–Crippen LogP) is 2.04. The molecule has 1 heterocycles. The maximum atomic E-state index is 12.0. The fourth-order valence-electron chi connectivity index (χ4n) is 2.59. The summed E-state index contributed by atoms with van der Waals surface area (Å²) in [5, 5.41) is 1.07. The number of fused-ring (bicyclic) bond motifs is 1. The number of hydrazine groups is 1. The third-order valence-corrected chi connectivity index (χ3v) is 3.86. The van der Waals surface area contributed by atoms with E-state index in [2.05, 4.69) is 10.9 Å². The van der Waals surface area contributed by atoms with Crippen LogP contribution in [0.5, 0.6) is 5.75 Å². The Labute approximate surface area is 145 Å². The number of hydrogen-bond donors (Lipinski definition) is 2. The van der Waals surface area contributed by atoms with Crippen LogP contribution in [-0.4, -0.2) is 23.5 Å². The minimum absolute atomic E-state index is 0.135. The largest absolute Gasteiger partial charge is 0.497 e. The van der Waals surface area contributed by atoms with Crippen molar-refractivity contribution in [3.8, 4) is 5.75 Å². The Morgan fingerprint density at radius 1 is 0.960 bits per heavy atom. The number of nitrogens with one attached hydrogen (secondary N) is 2. The zero-order valence-electron chi connectivity index (χ0n) is 13.9. The van der Waals surface area contributed by atoms with Gasteiger partial charge in [0.15, 0.2) is 0 Å². The Hall–Kier alpha value is -3.28. The summed E-state index contributed by atoms with van der Waals surface area (Å²) in [6.07, 6.45) is 2.03. The van der Waals surface area contributed by atoms with E-state index in [1.807, 2.05) is 53.2 Å². The molecule has 0 radical (unpaired) electrons. The number of aromatic nitrogens is 1. The van der Waals surface area contributed by atoms with Crippen molar-refractivity contribution in [3.05, 3.63) is 66.4 Å². The zero-order valence-corrected chi connectivity index (χ0v) is 13.9. The Bertz CT molecular complexity index is 884. The summed E-state index contributed by atoms with van der Waals surface area (Å²) in [6.45, 7) is 0.135. The standard InChI is InChI=1S/C19H19N3O3/c1-25-16-8-6-14(7-9-16)12-18(23)20-21-19(24)13-22-11-10-15-4-2-3-5-17(15)22/h2-11H,12-13H2,1H3,(H,20,23)(H,21,24). The number of para-hydroxylation sites is 1. The second kappa shape index (κ2) is 7.53. The number of nitrogens with zero attached hydrogens (tertiary/aromatic N) is 1. The molecule has 0 aliphatic heterocycles. The van der Waals surface area contributed by atoms with Crippen LogP contribution >= 0.6 is 0 Å². The molecule has 0 fully saturated rings. The molecule has 0 unspecified atom stereocenters. The number of benzene rings is 2. The molecule has 25 heavy (non-hydrogen) atoms. The van der Waals surface area contributed by atoms with Crippen molar-refractivity contribution >= 4 is 22.7 Å². The zero-order chi connectivity index (χ0) is 17.6. The van der Waals surface area contributed by atoms with Gasteiger partial charge >= 0.3 is 0 Å². The number of carbonyl (C=O) groups is 2. The van der Waals surface area contributed by atoms with Gasteiger partial charge in [-0.3, -0.25) is 20.4 Å². The predicted molar refractivity (Wildman–Crippen MR) is 94.9 cm³/mol. The first-order chi connectivity index (χ1) is 12.2. The van der Waals surface area contributed by atoms with E-state index in [9.17, 15) is 9.59 Å². The number of methoxy groups -OCH3 is 1. The molecule has 0 aliphatic rings. The second-order valence-electron chi connectivity index (χ2n) is 5.62. The van der Waals surface area contributed by atoms with Gasteiger partial charge in [0.1, 0.15) is 12.3 Å². The quantitative estimate of drug-likeness (QED) is 0.700. The fourth-order valence-corrected chi connectivity index (χ4v) is 2.59. The minimum Gasteiger partial charge on any atom is -0.497 e. The summed E-state index contributed by atoms with van der Waals surface area (Å²) in [4.78, 5) is 24.0. The van der Waals surface area contributed by atoms with E-state index in [4.69, 9.17) is 4.74 Å². The third-order valence-electron chi connectivity index (χ3n) is 3.86. The van der Waals surface area contributed by atoms with E-state index >= 15 is 0 Å². The van der Waals surface area contributed by atoms with Gasteiger partial charge in [-0.25, -0.2) is 0 Å². The molecule has 128 valence electrons. The van der Waals surface area contributed by atoms with Gasteiger partial charge in [0, 0.05) is 11.7 Å². The third kappa shape index (κ3) is 4.17. The van der Waals surface area contributed by atoms with Crippen molar-refractivity contribution in [2.75, 3.05) is 7.11 Å². The van der Waals surface area contributed by atoms with E-state index in [0.29, 0.717) is 0 Å². The molecule has 0 atom stereocenters. The van der Waals surface area contributed by atoms with E-state index in [1.165, 1.54) is 0 Å². The van der Waals surface area contributed by atoms with Gasteiger partial charge in [-0.05, 0) is 35.2 Å². The highest BCUT2D eigenvalue weighted by Crippen LogP contribution is 2.14. The number of hydrogen-bond acceptors (Lipinski definition) is 3. The van der Waals surface area contributed by atoms with E-state index in [-0.39, 0.29) is 24.8 Å². The molecule has 6 nitrogen and oxygen atoms in total. The topological polar surface area (TPSA) is 72.4 Å². The number of amides is 2. The molecule has 3 aromatic rings. The smallest absolute Gasteiger partial charge is 0.258 e. The molecule has 0 aliphatic carbocycles.